The van der Waals surface area contributed by atoms with Gasteiger partial charge < -0.3 is 9.80 Å². The molecule has 3 aromatic rings. The molecule has 29 heavy (non-hydrogen) atoms. The summed E-state index contributed by atoms with van der Waals surface area (Å²) in [7, 11) is 0. The number of amides is 1. The van der Waals surface area contributed by atoms with Crippen molar-refractivity contribution in [3.8, 4) is 0 Å². The number of aromatic nitrogens is 3. The SMILES string of the molecule is O=C(Cc1cccc(C(F)(F)F)c1)N1CCCN(c2nnc3ccccn23)CC1. The monoisotopic (exact) mass is 403 g/mol. The Bertz CT molecular complexity index is 1020. The quantitative estimate of drug-likeness (QED) is 0.675. The molecule has 1 aliphatic heterocycles. The van der Waals surface area contributed by atoms with Gasteiger partial charge in [-0.15, -0.1) is 10.2 Å². The van der Waals surface area contributed by atoms with Gasteiger partial charge in [-0.3, -0.25) is 9.20 Å². The highest BCUT2D eigenvalue weighted by atomic mass is 19.4. The Morgan fingerprint density at radius 3 is 2.69 bits per heavy atom. The maximum Gasteiger partial charge on any atom is 0.416 e. The van der Waals surface area contributed by atoms with Gasteiger partial charge in [-0.1, -0.05) is 24.3 Å². The van der Waals surface area contributed by atoms with Crippen molar-refractivity contribution in [1.29, 1.82) is 0 Å². The summed E-state index contributed by atoms with van der Waals surface area (Å²) in [5.41, 5.74) is 0.391. The van der Waals surface area contributed by atoms with Gasteiger partial charge in [-0.05, 0) is 30.2 Å². The van der Waals surface area contributed by atoms with Crippen molar-refractivity contribution in [1.82, 2.24) is 19.5 Å². The van der Waals surface area contributed by atoms with Gasteiger partial charge in [-0.25, -0.2) is 0 Å². The smallest absolute Gasteiger partial charge is 0.341 e. The van der Waals surface area contributed by atoms with Crippen LogP contribution in [-0.4, -0.2) is 51.6 Å². The first-order valence-corrected chi connectivity index (χ1v) is 9.40. The Kier molecular flexibility index (Phi) is 5.12. The Morgan fingerprint density at radius 2 is 1.86 bits per heavy atom. The van der Waals surface area contributed by atoms with E-state index in [1.807, 2.05) is 28.8 Å². The molecule has 6 nitrogen and oxygen atoms in total. The Balaban J connectivity index is 1.43. The number of carbonyl (C=O) groups is 1. The van der Waals surface area contributed by atoms with Gasteiger partial charge in [0.25, 0.3) is 0 Å². The number of halogens is 3. The molecule has 2 aromatic heterocycles. The van der Waals surface area contributed by atoms with Crippen LogP contribution in [0.5, 0.6) is 0 Å². The summed E-state index contributed by atoms with van der Waals surface area (Å²) < 4.78 is 40.6. The van der Waals surface area contributed by atoms with Crippen LogP contribution in [0, 0.1) is 0 Å². The molecule has 4 rings (SSSR count). The Morgan fingerprint density at radius 1 is 1.00 bits per heavy atom. The molecule has 3 heterocycles. The fourth-order valence-electron chi connectivity index (χ4n) is 3.56. The van der Waals surface area contributed by atoms with E-state index in [9.17, 15) is 18.0 Å². The van der Waals surface area contributed by atoms with E-state index in [2.05, 4.69) is 15.1 Å². The van der Waals surface area contributed by atoms with Gasteiger partial charge in [-0.2, -0.15) is 13.2 Å². The van der Waals surface area contributed by atoms with Crippen LogP contribution in [0.4, 0.5) is 19.1 Å². The van der Waals surface area contributed by atoms with Crippen molar-refractivity contribution >= 4 is 17.5 Å². The van der Waals surface area contributed by atoms with Crippen molar-refractivity contribution in [2.75, 3.05) is 31.1 Å². The lowest BCUT2D eigenvalue weighted by Crippen LogP contribution is -2.36. The molecule has 0 bridgehead atoms. The molecule has 1 aromatic carbocycles. The number of hydrogen-bond donors (Lipinski definition) is 0. The maximum atomic E-state index is 12.9. The third-order valence-corrected chi connectivity index (χ3v) is 5.04. The van der Waals surface area contributed by atoms with Crippen molar-refractivity contribution in [2.24, 2.45) is 0 Å². The summed E-state index contributed by atoms with van der Waals surface area (Å²) in [4.78, 5) is 16.5. The summed E-state index contributed by atoms with van der Waals surface area (Å²) >= 11 is 0. The molecule has 0 atom stereocenters. The summed E-state index contributed by atoms with van der Waals surface area (Å²) in [5.74, 6) is 0.560. The largest absolute Gasteiger partial charge is 0.416 e. The predicted octanol–water partition coefficient (Wildman–Crippen LogP) is 3.03. The first-order chi connectivity index (χ1) is 13.9. The minimum Gasteiger partial charge on any atom is -0.341 e. The maximum absolute atomic E-state index is 12.9. The molecule has 1 saturated heterocycles. The van der Waals surface area contributed by atoms with E-state index in [-0.39, 0.29) is 12.3 Å². The number of hydrogen-bond acceptors (Lipinski definition) is 4. The van der Waals surface area contributed by atoms with E-state index in [1.165, 1.54) is 6.07 Å². The molecule has 0 N–H and O–H groups in total. The summed E-state index contributed by atoms with van der Waals surface area (Å²) in [5, 5.41) is 8.42. The highest BCUT2D eigenvalue weighted by Crippen LogP contribution is 2.29. The number of alkyl halides is 3. The van der Waals surface area contributed by atoms with Crippen LogP contribution in [0.1, 0.15) is 17.5 Å². The predicted molar refractivity (Wildman–Crippen MR) is 102 cm³/mol. The third kappa shape index (κ3) is 4.18. The van der Waals surface area contributed by atoms with E-state index in [0.717, 1.165) is 36.7 Å². The molecule has 1 fully saturated rings. The highest BCUT2D eigenvalue weighted by molar-refractivity contribution is 5.79. The molecule has 1 aliphatic rings. The number of fused-ring (bicyclic) bond motifs is 1. The first kappa shape index (κ1) is 19.2. The zero-order valence-electron chi connectivity index (χ0n) is 15.6. The number of rotatable bonds is 3. The fourth-order valence-corrected chi connectivity index (χ4v) is 3.56. The number of anilines is 1. The average Bonchev–Trinajstić information content (AvgIpc) is 2.97. The lowest BCUT2D eigenvalue weighted by Gasteiger charge is -2.22. The zero-order chi connectivity index (χ0) is 20.4. The van der Waals surface area contributed by atoms with Crippen molar-refractivity contribution in [3.63, 3.8) is 0 Å². The van der Waals surface area contributed by atoms with Gasteiger partial charge in [0.2, 0.25) is 11.9 Å². The molecule has 1 amide bonds. The first-order valence-electron chi connectivity index (χ1n) is 9.40. The molecule has 0 radical (unpaired) electrons. The second kappa shape index (κ2) is 7.73. The van der Waals surface area contributed by atoms with Crippen LogP contribution in [-0.2, 0) is 17.4 Å². The Labute approximate surface area is 165 Å². The lowest BCUT2D eigenvalue weighted by atomic mass is 10.1. The van der Waals surface area contributed by atoms with E-state index < -0.39 is 11.7 Å². The molecule has 0 saturated carbocycles. The minimum absolute atomic E-state index is 0.0439. The molecule has 0 spiro atoms. The second-order valence-electron chi connectivity index (χ2n) is 7.03. The van der Waals surface area contributed by atoms with Crippen LogP contribution in [0.3, 0.4) is 0 Å². The van der Waals surface area contributed by atoms with Gasteiger partial charge in [0, 0.05) is 32.4 Å². The molecular weight excluding hydrogens is 383 g/mol. The zero-order valence-corrected chi connectivity index (χ0v) is 15.6. The van der Waals surface area contributed by atoms with Crippen molar-refractivity contribution in [3.05, 3.63) is 59.8 Å². The van der Waals surface area contributed by atoms with Gasteiger partial charge >= 0.3 is 6.18 Å². The summed E-state index contributed by atoms with van der Waals surface area (Å²) in [6, 6.07) is 10.6. The van der Waals surface area contributed by atoms with Crippen LogP contribution in [0.25, 0.3) is 5.65 Å². The number of nitrogens with zero attached hydrogens (tertiary/aromatic N) is 5. The summed E-state index contributed by atoms with van der Waals surface area (Å²) in [6.45, 7) is 2.36. The van der Waals surface area contributed by atoms with Crippen LogP contribution in [0.2, 0.25) is 0 Å². The average molecular weight is 403 g/mol. The third-order valence-electron chi connectivity index (χ3n) is 5.04. The van der Waals surface area contributed by atoms with E-state index in [4.69, 9.17) is 0 Å². The standard InChI is InChI=1S/C20H20F3N5O/c21-20(22,23)16-6-3-5-15(13-16)14-18(29)26-8-4-9-27(12-11-26)19-25-24-17-7-1-2-10-28(17)19/h1-3,5-7,10,13H,4,8-9,11-12,14H2. The Hall–Kier alpha value is -3.10. The fraction of sp³-hybridized carbons (Fsp3) is 0.350. The normalized spacial score (nSPS) is 15.6. The number of carbonyl (C=O) groups excluding carboxylic acids is 1. The van der Waals surface area contributed by atoms with Crippen molar-refractivity contribution in [2.45, 2.75) is 19.0 Å². The number of benzene rings is 1. The summed E-state index contributed by atoms with van der Waals surface area (Å²) in [6.07, 6.45) is -1.82. The minimum atomic E-state index is -4.41. The van der Waals surface area contributed by atoms with E-state index >= 15 is 0 Å². The lowest BCUT2D eigenvalue weighted by molar-refractivity contribution is -0.138. The molecule has 152 valence electrons. The molecule has 0 aliphatic carbocycles. The van der Waals surface area contributed by atoms with Crippen LogP contribution >= 0.6 is 0 Å². The van der Waals surface area contributed by atoms with Gasteiger partial charge in [0.05, 0.1) is 12.0 Å². The topological polar surface area (TPSA) is 53.7 Å². The van der Waals surface area contributed by atoms with Gasteiger partial charge in [0.15, 0.2) is 5.65 Å². The second-order valence-corrected chi connectivity index (χ2v) is 7.03. The number of pyridine rings is 1. The molecular formula is C20H20F3N5O. The molecule has 9 heteroatoms. The van der Waals surface area contributed by atoms with Crippen LogP contribution in [0.15, 0.2) is 48.7 Å². The van der Waals surface area contributed by atoms with Gasteiger partial charge in [0.1, 0.15) is 0 Å². The molecule has 0 unspecified atom stereocenters. The van der Waals surface area contributed by atoms with E-state index in [1.54, 1.807) is 11.0 Å². The van der Waals surface area contributed by atoms with Crippen LogP contribution < -0.4 is 4.90 Å². The van der Waals surface area contributed by atoms with E-state index in [0.29, 0.717) is 25.2 Å². The highest BCUT2D eigenvalue weighted by Gasteiger charge is 2.30. The van der Waals surface area contributed by atoms with Crippen molar-refractivity contribution < 1.29 is 18.0 Å².